The van der Waals surface area contributed by atoms with Crippen molar-refractivity contribution >= 4 is 56.1 Å². The molecule has 10 nitrogen and oxygen atoms in total. The number of nitrogens with one attached hydrogen (secondary N) is 4. The van der Waals surface area contributed by atoms with E-state index in [9.17, 15) is 8.42 Å². The smallest absolute Gasteiger partial charge is 0.229 e. The Bertz CT molecular complexity index is 1310. The number of sulfonamides is 1. The third-order valence-corrected chi connectivity index (χ3v) is 6.79. The van der Waals surface area contributed by atoms with Gasteiger partial charge in [0, 0.05) is 30.9 Å². The van der Waals surface area contributed by atoms with Gasteiger partial charge in [-0.3, -0.25) is 4.72 Å². The molecule has 0 atom stereocenters. The maximum Gasteiger partial charge on any atom is 0.229 e. The third kappa shape index (κ3) is 6.48. The van der Waals surface area contributed by atoms with E-state index in [-0.39, 0.29) is 5.02 Å². The summed E-state index contributed by atoms with van der Waals surface area (Å²) in [6, 6.07) is 13.4. The van der Waals surface area contributed by atoms with Crippen molar-refractivity contribution in [2.75, 3.05) is 53.8 Å². The molecule has 1 aromatic heterocycles. The minimum Gasteiger partial charge on any atom is -0.494 e. The molecule has 0 spiro atoms. The van der Waals surface area contributed by atoms with Crippen LogP contribution in [0.1, 0.15) is 12.8 Å². The van der Waals surface area contributed by atoms with Crippen molar-refractivity contribution in [2.45, 2.75) is 18.9 Å². The molecule has 0 amide bonds. The Kier molecular flexibility index (Phi) is 8.02. The molecular weight excluding hydrogens is 502 g/mol. The molecule has 4 N–H and O–H groups in total. The Labute approximate surface area is 216 Å². The van der Waals surface area contributed by atoms with Gasteiger partial charge < -0.3 is 25.6 Å². The van der Waals surface area contributed by atoms with Crippen LogP contribution in [0.2, 0.25) is 5.02 Å². The molecule has 2 heterocycles. The average Bonchev–Trinajstić information content (AvgIpc) is 2.86. The van der Waals surface area contributed by atoms with E-state index in [0.29, 0.717) is 40.6 Å². The first-order chi connectivity index (χ1) is 17.3. The summed E-state index contributed by atoms with van der Waals surface area (Å²) in [5.74, 6) is 1.29. The number of piperidine rings is 1. The van der Waals surface area contributed by atoms with Crippen LogP contribution in [0, 0.1) is 0 Å². The fourth-order valence-corrected chi connectivity index (χ4v) is 4.77. The molecule has 1 fully saturated rings. The van der Waals surface area contributed by atoms with Gasteiger partial charge in [0.25, 0.3) is 0 Å². The Hall–Kier alpha value is -3.28. The fraction of sp³-hybridized carbons (Fsp3) is 0.333. The number of halogens is 1. The van der Waals surface area contributed by atoms with Gasteiger partial charge in [-0.05, 0) is 44.2 Å². The van der Waals surface area contributed by atoms with Crippen LogP contribution in [-0.4, -0.2) is 57.9 Å². The van der Waals surface area contributed by atoms with Gasteiger partial charge in [0.2, 0.25) is 16.0 Å². The number of rotatable bonds is 9. The lowest BCUT2D eigenvalue weighted by Crippen LogP contribution is -2.41. The fourth-order valence-electron chi connectivity index (χ4n) is 4.05. The first-order valence-corrected chi connectivity index (χ1v) is 13.8. The second-order valence-corrected chi connectivity index (χ2v) is 10.7. The molecule has 1 aliphatic rings. The average molecular weight is 532 g/mol. The van der Waals surface area contributed by atoms with Crippen molar-refractivity contribution in [1.82, 2.24) is 15.3 Å². The van der Waals surface area contributed by atoms with E-state index < -0.39 is 10.0 Å². The molecule has 0 bridgehead atoms. The van der Waals surface area contributed by atoms with Crippen LogP contribution in [0.4, 0.5) is 34.5 Å². The highest BCUT2D eigenvalue weighted by Gasteiger charge is 2.19. The van der Waals surface area contributed by atoms with Crippen LogP contribution in [-0.2, 0) is 10.0 Å². The van der Waals surface area contributed by atoms with Gasteiger partial charge in [-0.15, -0.1) is 0 Å². The first-order valence-electron chi connectivity index (χ1n) is 11.5. The van der Waals surface area contributed by atoms with Crippen LogP contribution < -0.4 is 30.3 Å². The quantitative estimate of drug-likeness (QED) is 0.322. The monoisotopic (exact) mass is 531 g/mol. The number of hydrogen-bond donors (Lipinski definition) is 4. The minimum absolute atomic E-state index is 0.280. The minimum atomic E-state index is -3.46. The lowest BCUT2D eigenvalue weighted by Gasteiger charge is -2.33. The van der Waals surface area contributed by atoms with Crippen LogP contribution in [0.15, 0.2) is 48.7 Å². The second kappa shape index (κ2) is 11.2. The summed E-state index contributed by atoms with van der Waals surface area (Å²) in [5, 5.41) is 9.91. The van der Waals surface area contributed by atoms with E-state index in [2.05, 4.69) is 35.5 Å². The van der Waals surface area contributed by atoms with Crippen LogP contribution >= 0.6 is 11.6 Å². The van der Waals surface area contributed by atoms with E-state index in [1.807, 2.05) is 25.2 Å². The van der Waals surface area contributed by atoms with E-state index in [4.69, 9.17) is 16.3 Å². The molecule has 1 saturated heterocycles. The molecule has 0 saturated carbocycles. The number of hydrogen-bond acceptors (Lipinski definition) is 9. The summed E-state index contributed by atoms with van der Waals surface area (Å²) >= 11 is 6.33. The number of aromatic nitrogens is 2. The van der Waals surface area contributed by atoms with Crippen molar-refractivity contribution in [3.8, 4) is 5.75 Å². The highest BCUT2D eigenvalue weighted by Crippen LogP contribution is 2.34. The van der Waals surface area contributed by atoms with E-state index in [1.165, 1.54) is 6.20 Å². The molecule has 192 valence electrons. The normalized spacial score (nSPS) is 14.4. The standard InChI is InChI=1S/C24H30ClN7O3S/c1-26-16-10-12-32(13-11-16)17-8-9-21(22(14-17)35-2)29-24-27-15-18(25)23(30-24)28-19-6-4-5-7-20(19)31-36(3,33)34/h4-9,14-16,26,31H,10-13H2,1-3H3,(H2,27,28,29,30). The number of methoxy groups -OCH3 is 1. The van der Waals surface area contributed by atoms with Gasteiger partial charge in [0.15, 0.2) is 5.82 Å². The van der Waals surface area contributed by atoms with Gasteiger partial charge in [0.05, 0.1) is 36.6 Å². The molecule has 0 radical (unpaired) electrons. The summed E-state index contributed by atoms with van der Waals surface area (Å²) in [6.07, 6.45) is 4.75. The van der Waals surface area contributed by atoms with E-state index >= 15 is 0 Å². The summed E-state index contributed by atoms with van der Waals surface area (Å²) in [7, 11) is 0.170. The van der Waals surface area contributed by atoms with Gasteiger partial charge in [-0.1, -0.05) is 23.7 Å². The SMILES string of the molecule is CNC1CCN(c2ccc(Nc3ncc(Cl)c(Nc4ccccc4NS(C)(=O)=O)n3)c(OC)c2)CC1. The Morgan fingerprint density at radius 2 is 1.78 bits per heavy atom. The highest BCUT2D eigenvalue weighted by atomic mass is 35.5. The van der Waals surface area contributed by atoms with Crippen molar-refractivity contribution in [3.63, 3.8) is 0 Å². The first kappa shape index (κ1) is 25.8. The zero-order valence-electron chi connectivity index (χ0n) is 20.4. The molecule has 0 unspecified atom stereocenters. The molecule has 0 aliphatic carbocycles. The topological polar surface area (TPSA) is 121 Å². The molecule has 2 aromatic carbocycles. The second-order valence-electron chi connectivity index (χ2n) is 8.49. The summed E-state index contributed by atoms with van der Waals surface area (Å²) in [4.78, 5) is 11.1. The number of para-hydroxylation sites is 2. The van der Waals surface area contributed by atoms with Crippen molar-refractivity contribution in [2.24, 2.45) is 0 Å². The molecule has 36 heavy (non-hydrogen) atoms. The van der Waals surface area contributed by atoms with Crippen LogP contribution in [0.25, 0.3) is 0 Å². The lowest BCUT2D eigenvalue weighted by atomic mass is 10.0. The number of ether oxygens (including phenoxy) is 1. The summed E-state index contributed by atoms with van der Waals surface area (Å²) < 4.78 is 31.6. The molecule has 1 aliphatic heterocycles. The van der Waals surface area contributed by atoms with Crippen LogP contribution in [0.5, 0.6) is 5.75 Å². The number of benzene rings is 2. The van der Waals surface area contributed by atoms with Gasteiger partial charge >= 0.3 is 0 Å². The Morgan fingerprint density at radius 1 is 1.06 bits per heavy atom. The lowest BCUT2D eigenvalue weighted by molar-refractivity contribution is 0.415. The van der Waals surface area contributed by atoms with Crippen molar-refractivity contribution in [3.05, 3.63) is 53.7 Å². The summed E-state index contributed by atoms with van der Waals surface area (Å²) in [6.45, 7) is 1.96. The van der Waals surface area contributed by atoms with Crippen molar-refractivity contribution < 1.29 is 13.2 Å². The number of nitrogens with zero attached hydrogens (tertiary/aromatic N) is 3. The Morgan fingerprint density at radius 3 is 2.44 bits per heavy atom. The van der Waals surface area contributed by atoms with E-state index in [1.54, 1.807) is 31.4 Å². The van der Waals surface area contributed by atoms with Gasteiger partial charge in [-0.2, -0.15) is 4.98 Å². The predicted molar refractivity (Wildman–Crippen MR) is 146 cm³/mol. The maximum absolute atomic E-state index is 11.7. The summed E-state index contributed by atoms with van der Waals surface area (Å²) in [5.41, 5.74) is 2.68. The highest BCUT2D eigenvalue weighted by molar-refractivity contribution is 7.92. The largest absolute Gasteiger partial charge is 0.494 e. The molecule has 12 heteroatoms. The van der Waals surface area contributed by atoms with E-state index in [0.717, 1.165) is 37.9 Å². The zero-order chi connectivity index (χ0) is 25.7. The molecular formula is C24H30ClN7O3S. The predicted octanol–water partition coefficient (Wildman–Crippen LogP) is 4.19. The molecule has 3 aromatic rings. The van der Waals surface area contributed by atoms with Crippen LogP contribution in [0.3, 0.4) is 0 Å². The third-order valence-electron chi connectivity index (χ3n) is 5.92. The molecule has 4 rings (SSSR count). The van der Waals surface area contributed by atoms with Crippen molar-refractivity contribution in [1.29, 1.82) is 0 Å². The van der Waals surface area contributed by atoms with Gasteiger partial charge in [-0.25, -0.2) is 13.4 Å². The van der Waals surface area contributed by atoms with Gasteiger partial charge in [0.1, 0.15) is 10.8 Å². The number of anilines is 6. The maximum atomic E-state index is 11.7. The Balaban J connectivity index is 1.53. The zero-order valence-corrected chi connectivity index (χ0v) is 21.9.